The first-order valence-electron chi connectivity index (χ1n) is 4.75. The summed E-state index contributed by atoms with van der Waals surface area (Å²) >= 11 is 5.76. The number of carbonyl (C=O) groups is 1. The SMILES string of the molecule is Cc1ccc(Cl)cc1C(O)C(O)CC(=O)O. The van der Waals surface area contributed by atoms with Gasteiger partial charge in [0.25, 0.3) is 0 Å². The van der Waals surface area contributed by atoms with E-state index >= 15 is 0 Å². The van der Waals surface area contributed by atoms with Crippen LogP contribution in [-0.2, 0) is 4.79 Å². The van der Waals surface area contributed by atoms with E-state index in [9.17, 15) is 15.0 Å². The van der Waals surface area contributed by atoms with Crippen molar-refractivity contribution >= 4 is 17.6 Å². The van der Waals surface area contributed by atoms with Gasteiger partial charge >= 0.3 is 5.97 Å². The van der Waals surface area contributed by atoms with E-state index in [0.717, 1.165) is 5.56 Å². The van der Waals surface area contributed by atoms with Gasteiger partial charge in [-0.1, -0.05) is 17.7 Å². The standard InChI is InChI=1S/C11H13ClO4/c1-6-2-3-7(12)4-8(6)11(16)9(13)5-10(14)15/h2-4,9,11,13,16H,5H2,1H3,(H,14,15). The number of hydrogen-bond acceptors (Lipinski definition) is 3. The summed E-state index contributed by atoms with van der Waals surface area (Å²) < 4.78 is 0. The smallest absolute Gasteiger partial charge is 0.306 e. The summed E-state index contributed by atoms with van der Waals surface area (Å²) in [6.45, 7) is 1.75. The lowest BCUT2D eigenvalue weighted by molar-refractivity contribution is -0.141. The molecular formula is C11H13ClO4. The molecule has 5 heteroatoms. The fourth-order valence-electron chi connectivity index (χ4n) is 1.43. The molecule has 2 atom stereocenters. The minimum Gasteiger partial charge on any atom is -0.481 e. The summed E-state index contributed by atoms with van der Waals surface area (Å²) in [4.78, 5) is 10.4. The Morgan fingerprint density at radius 3 is 2.62 bits per heavy atom. The van der Waals surface area contributed by atoms with Crippen LogP contribution in [0.15, 0.2) is 18.2 Å². The number of aryl methyl sites for hydroxylation is 1. The molecule has 0 saturated carbocycles. The van der Waals surface area contributed by atoms with Crippen molar-refractivity contribution in [2.45, 2.75) is 25.6 Å². The molecule has 0 bridgehead atoms. The number of carboxylic acid groups (broad SMARTS) is 1. The molecule has 0 radical (unpaired) electrons. The molecule has 0 aliphatic rings. The second-order valence-corrected chi connectivity index (χ2v) is 4.05. The number of rotatable bonds is 4. The van der Waals surface area contributed by atoms with Crippen molar-refractivity contribution in [1.29, 1.82) is 0 Å². The number of aliphatic hydroxyl groups excluding tert-OH is 2. The van der Waals surface area contributed by atoms with Crippen LogP contribution in [0.2, 0.25) is 5.02 Å². The zero-order valence-electron chi connectivity index (χ0n) is 8.72. The topological polar surface area (TPSA) is 77.8 Å². The predicted molar refractivity (Wildman–Crippen MR) is 59.4 cm³/mol. The highest BCUT2D eigenvalue weighted by Gasteiger charge is 2.22. The first-order chi connectivity index (χ1) is 7.41. The average Bonchev–Trinajstić information content (AvgIpc) is 2.19. The summed E-state index contributed by atoms with van der Waals surface area (Å²) in [6, 6.07) is 4.89. The highest BCUT2D eigenvalue weighted by Crippen LogP contribution is 2.25. The Morgan fingerprint density at radius 1 is 1.44 bits per heavy atom. The van der Waals surface area contributed by atoms with Gasteiger partial charge in [-0.05, 0) is 30.2 Å². The van der Waals surface area contributed by atoms with E-state index in [1.807, 2.05) is 0 Å². The lowest BCUT2D eigenvalue weighted by Crippen LogP contribution is -2.22. The molecule has 0 aliphatic heterocycles. The van der Waals surface area contributed by atoms with E-state index in [-0.39, 0.29) is 0 Å². The van der Waals surface area contributed by atoms with E-state index in [4.69, 9.17) is 16.7 Å². The van der Waals surface area contributed by atoms with Gasteiger partial charge in [0, 0.05) is 5.02 Å². The van der Waals surface area contributed by atoms with Gasteiger partial charge in [-0.2, -0.15) is 0 Å². The minimum atomic E-state index is -1.34. The van der Waals surface area contributed by atoms with E-state index in [1.165, 1.54) is 6.07 Å². The third kappa shape index (κ3) is 3.20. The van der Waals surface area contributed by atoms with Crippen LogP contribution in [0, 0.1) is 6.92 Å². The van der Waals surface area contributed by atoms with E-state index in [2.05, 4.69) is 0 Å². The quantitative estimate of drug-likeness (QED) is 0.750. The molecule has 0 aliphatic carbocycles. The van der Waals surface area contributed by atoms with Crippen molar-refractivity contribution in [3.8, 4) is 0 Å². The predicted octanol–water partition coefficient (Wildman–Crippen LogP) is 1.52. The minimum absolute atomic E-state index is 0.433. The second-order valence-electron chi connectivity index (χ2n) is 3.61. The van der Waals surface area contributed by atoms with Gasteiger partial charge in [0.2, 0.25) is 0 Å². The molecule has 0 aromatic heterocycles. The van der Waals surface area contributed by atoms with Crippen molar-refractivity contribution < 1.29 is 20.1 Å². The molecule has 1 aromatic carbocycles. The summed E-state index contributed by atoms with van der Waals surface area (Å²) in [5.74, 6) is -1.16. The number of carboxylic acids is 1. The molecule has 0 heterocycles. The third-order valence-corrected chi connectivity index (χ3v) is 2.54. The second kappa shape index (κ2) is 5.30. The maximum Gasteiger partial charge on any atom is 0.306 e. The molecule has 0 amide bonds. The van der Waals surface area contributed by atoms with Gasteiger partial charge in [-0.15, -0.1) is 0 Å². The van der Waals surface area contributed by atoms with Crippen LogP contribution in [0.4, 0.5) is 0 Å². The van der Waals surface area contributed by atoms with Gasteiger partial charge in [0.1, 0.15) is 6.10 Å². The van der Waals surface area contributed by atoms with Gasteiger partial charge in [0.05, 0.1) is 12.5 Å². The molecule has 88 valence electrons. The fraction of sp³-hybridized carbons (Fsp3) is 0.364. The fourth-order valence-corrected chi connectivity index (χ4v) is 1.61. The molecule has 16 heavy (non-hydrogen) atoms. The third-order valence-electron chi connectivity index (χ3n) is 2.31. The number of halogens is 1. The molecule has 0 fully saturated rings. The van der Waals surface area contributed by atoms with Crippen molar-refractivity contribution in [2.24, 2.45) is 0 Å². The largest absolute Gasteiger partial charge is 0.481 e. The van der Waals surface area contributed by atoms with Crippen LogP contribution in [0.5, 0.6) is 0 Å². The Hall–Kier alpha value is -1.10. The number of aliphatic carboxylic acids is 1. The number of benzene rings is 1. The molecule has 3 N–H and O–H groups in total. The van der Waals surface area contributed by atoms with Crippen molar-refractivity contribution in [3.63, 3.8) is 0 Å². The van der Waals surface area contributed by atoms with Crippen LogP contribution >= 0.6 is 11.6 Å². The van der Waals surface area contributed by atoms with E-state index in [0.29, 0.717) is 10.6 Å². The lowest BCUT2D eigenvalue weighted by Gasteiger charge is -2.18. The Bertz CT molecular complexity index is 392. The van der Waals surface area contributed by atoms with Crippen LogP contribution < -0.4 is 0 Å². The number of aliphatic hydroxyl groups is 2. The average molecular weight is 245 g/mol. The van der Waals surface area contributed by atoms with Crippen molar-refractivity contribution in [1.82, 2.24) is 0 Å². The Morgan fingerprint density at radius 2 is 2.06 bits per heavy atom. The summed E-state index contributed by atoms with van der Waals surface area (Å²) in [5.41, 5.74) is 1.20. The first-order valence-corrected chi connectivity index (χ1v) is 5.13. The summed E-state index contributed by atoms with van der Waals surface area (Å²) in [7, 11) is 0. The van der Waals surface area contributed by atoms with E-state index < -0.39 is 24.6 Å². The monoisotopic (exact) mass is 244 g/mol. The molecule has 1 aromatic rings. The van der Waals surface area contributed by atoms with Crippen LogP contribution in [0.25, 0.3) is 0 Å². The van der Waals surface area contributed by atoms with Crippen LogP contribution in [-0.4, -0.2) is 27.4 Å². The number of hydrogen-bond donors (Lipinski definition) is 3. The van der Waals surface area contributed by atoms with Crippen molar-refractivity contribution in [2.75, 3.05) is 0 Å². The lowest BCUT2D eigenvalue weighted by atomic mass is 9.98. The zero-order valence-corrected chi connectivity index (χ0v) is 9.48. The Balaban J connectivity index is 2.90. The molecule has 0 saturated heterocycles. The van der Waals surface area contributed by atoms with Gasteiger partial charge in [-0.3, -0.25) is 4.79 Å². The molecule has 1 rings (SSSR count). The molecule has 4 nitrogen and oxygen atoms in total. The summed E-state index contributed by atoms with van der Waals surface area (Å²) in [6.07, 6.45) is -3.09. The maximum absolute atomic E-state index is 10.4. The van der Waals surface area contributed by atoms with Gasteiger partial charge in [-0.25, -0.2) is 0 Å². The Kier molecular flexibility index (Phi) is 4.29. The highest BCUT2D eigenvalue weighted by molar-refractivity contribution is 6.30. The highest BCUT2D eigenvalue weighted by atomic mass is 35.5. The molecule has 2 unspecified atom stereocenters. The van der Waals surface area contributed by atoms with Gasteiger partial charge in [0.15, 0.2) is 0 Å². The zero-order chi connectivity index (χ0) is 12.3. The first kappa shape index (κ1) is 13.0. The van der Waals surface area contributed by atoms with E-state index in [1.54, 1.807) is 19.1 Å². The van der Waals surface area contributed by atoms with Crippen LogP contribution in [0.3, 0.4) is 0 Å². The Labute approximate surface area is 98.1 Å². The van der Waals surface area contributed by atoms with Crippen LogP contribution in [0.1, 0.15) is 23.7 Å². The van der Waals surface area contributed by atoms with Crippen molar-refractivity contribution in [3.05, 3.63) is 34.3 Å². The maximum atomic E-state index is 10.4. The van der Waals surface area contributed by atoms with Gasteiger partial charge < -0.3 is 15.3 Å². The molecule has 0 spiro atoms. The summed E-state index contributed by atoms with van der Waals surface area (Å²) in [5, 5.41) is 28.2. The molecular weight excluding hydrogens is 232 g/mol. The normalized spacial score (nSPS) is 14.5.